The molecule has 1 atom stereocenters. The number of nitrogens with zero attached hydrogens (tertiary/aromatic N) is 2. The maximum atomic E-state index is 13.7. The number of halogens is 3. The van der Waals surface area contributed by atoms with Crippen molar-refractivity contribution in [1.29, 1.82) is 0 Å². The van der Waals surface area contributed by atoms with Crippen LogP contribution in [0.2, 0.25) is 0 Å². The van der Waals surface area contributed by atoms with Gasteiger partial charge in [0.25, 0.3) is 6.43 Å². The number of hydrogen-bond donors (Lipinski definition) is 2. The largest absolute Gasteiger partial charge is 0.494 e. The SMILES string of the molecule is CCc1cc(NC(=O)NC(c2ccc(OC)c(F)c2)C(F)F)n(C)n1. The molecule has 1 aromatic carbocycles. The van der Waals surface area contributed by atoms with Crippen LogP contribution in [0.25, 0.3) is 0 Å². The Balaban J connectivity index is 2.14. The van der Waals surface area contributed by atoms with E-state index in [1.807, 2.05) is 6.92 Å². The first-order valence-corrected chi connectivity index (χ1v) is 7.57. The zero-order valence-corrected chi connectivity index (χ0v) is 14.0. The second-order valence-corrected chi connectivity index (χ2v) is 5.30. The molecule has 0 spiro atoms. The second kappa shape index (κ2) is 7.91. The van der Waals surface area contributed by atoms with Gasteiger partial charge in [-0.25, -0.2) is 18.0 Å². The van der Waals surface area contributed by atoms with E-state index >= 15 is 0 Å². The summed E-state index contributed by atoms with van der Waals surface area (Å²) in [5, 5.41) is 8.76. The van der Waals surface area contributed by atoms with Crippen LogP contribution in [0.15, 0.2) is 24.3 Å². The molecule has 0 aliphatic rings. The molecule has 0 saturated heterocycles. The minimum absolute atomic E-state index is 0.0665. The summed E-state index contributed by atoms with van der Waals surface area (Å²) < 4.78 is 46.6. The molecule has 0 bridgehead atoms. The van der Waals surface area contributed by atoms with E-state index in [-0.39, 0.29) is 11.3 Å². The summed E-state index contributed by atoms with van der Waals surface area (Å²) >= 11 is 0. The molecule has 1 heterocycles. The van der Waals surface area contributed by atoms with Gasteiger partial charge in [-0.05, 0) is 24.1 Å². The Kier molecular flexibility index (Phi) is 5.89. The monoisotopic (exact) mass is 356 g/mol. The molecule has 1 unspecified atom stereocenters. The lowest BCUT2D eigenvalue weighted by Gasteiger charge is -2.19. The molecule has 0 saturated carbocycles. The van der Waals surface area contributed by atoms with Gasteiger partial charge in [-0.3, -0.25) is 10.00 Å². The highest BCUT2D eigenvalue weighted by Crippen LogP contribution is 2.26. The van der Waals surface area contributed by atoms with Crippen LogP contribution in [-0.2, 0) is 13.5 Å². The zero-order valence-electron chi connectivity index (χ0n) is 14.0. The molecule has 2 amide bonds. The Bertz CT molecular complexity index is 749. The van der Waals surface area contributed by atoms with E-state index in [1.54, 1.807) is 13.1 Å². The number of ether oxygens (including phenoxy) is 1. The van der Waals surface area contributed by atoms with Crippen LogP contribution >= 0.6 is 0 Å². The molecule has 136 valence electrons. The maximum Gasteiger partial charge on any atom is 0.321 e. The summed E-state index contributed by atoms with van der Waals surface area (Å²) in [7, 11) is 2.89. The number of benzene rings is 1. The number of methoxy groups -OCH3 is 1. The van der Waals surface area contributed by atoms with Crippen molar-refractivity contribution in [2.24, 2.45) is 7.05 Å². The number of rotatable bonds is 6. The Morgan fingerprint density at radius 2 is 2.08 bits per heavy atom. The van der Waals surface area contributed by atoms with E-state index in [0.29, 0.717) is 12.2 Å². The quantitative estimate of drug-likeness (QED) is 0.835. The summed E-state index contributed by atoms with van der Waals surface area (Å²) in [5.41, 5.74) is 0.683. The van der Waals surface area contributed by atoms with E-state index in [9.17, 15) is 18.0 Å². The average molecular weight is 356 g/mol. The van der Waals surface area contributed by atoms with Gasteiger partial charge < -0.3 is 10.1 Å². The molecule has 6 nitrogen and oxygen atoms in total. The van der Waals surface area contributed by atoms with E-state index in [1.165, 1.54) is 23.9 Å². The third-order valence-electron chi connectivity index (χ3n) is 3.61. The van der Waals surface area contributed by atoms with E-state index in [4.69, 9.17) is 4.74 Å². The molecule has 0 aliphatic heterocycles. The van der Waals surface area contributed by atoms with Gasteiger partial charge in [-0.2, -0.15) is 5.10 Å². The third-order valence-corrected chi connectivity index (χ3v) is 3.61. The summed E-state index contributed by atoms with van der Waals surface area (Å²) in [6.45, 7) is 1.90. The van der Waals surface area contributed by atoms with Crippen LogP contribution in [0.5, 0.6) is 5.75 Å². The molecular formula is C16H19F3N4O2. The Morgan fingerprint density at radius 1 is 1.36 bits per heavy atom. The highest BCUT2D eigenvalue weighted by molar-refractivity contribution is 5.88. The van der Waals surface area contributed by atoms with Crippen molar-refractivity contribution in [2.75, 3.05) is 12.4 Å². The van der Waals surface area contributed by atoms with Crippen molar-refractivity contribution in [2.45, 2.75) is 25.8 Å². The smallest absolute Gasteiger partial charge is 0.321 e. The first-order chi connectivity index (χ1) is 11.8. The minimum atomic E-state index is -2.92. The number of anilines is 1. The van der Waals surface area contributed by atoms with Crippen LogP contribution in [0.3, 0.4) is 0 Å². The van der Waals surface area contributed by atoms with E-state index < -0.39 is 24.3 Å². The fourth-order valence-electron chi connectivity index (χ4n) is 2.28. The van der Waals surface area contributed by atoms with Gasteiger partial charge in [-0.15, -0.1) is 0 Å². The number of urea groups is 1. The normalized spacial score (nSPS) is 12.1. The Labute approximate surface area is 143 Å². The summed E-state index contributed by atoms with van der Waals surface area (Å²) in [5.74, 6) is -0.487. The first kappa shape index (κ1) is 18.6. The lowest BCUT2D eigenvalue weighted by molar-refractivity contribution is 0.102. The van der Waals surface area contributed by atoms with Gasteiger partial charge in [0.05, 0.1) is 12.8 Å². The highest BCUT2D eigenvalue weighted by atomic mass is 19.3. The molecule has 9 heteroatoms. The first-order valence-electron chi connectivity index (χ1n) is 7.57. The second-order valence-electron chi connectivity index (χ2n) is 5.30. The van der Waals surface area contributed by atoms with Gasteiger partial charge in [0.2, 0.25) is 0 Å². The van der Waals surface area contributed by atoms with Crippen LogP contribution in [0, 0.1) is 5.82 Å². The molecule has 2 N–H and O–H groups in total. The maximum absolute atomic E-state index is 13.7. The number of aromatic nitrogens is 2. The Morgan fingerprint density at radius 3 is 2.60 bits per heavy atom. The minimum Gasteiger partial charge on any atom is -0.494 e. The van der Waals surface area contributed by atoms with E-state index in [0.717, 1.165) is 11.8 Å². The lowest BCUT2D eigenvalue weighted by Crippen LogP contribution is -2.36. The number of nitrogens with one attached hydrogen (secondary N) is 2. The molecule has 0 radical (unpaired) electrons. The molecular weight excluding hydrogens is 337 g/mol. The predicted octanol–water partition coefficient (Wildman–Crippen LogP) is 3.26. The fraction of sp³-hybridized carbons (Fsp3) is 0.375. The standard InChI is InChI=1S/C16H19F3N4O2/c1-4-10-8-13(23(2)22-10)20-16(24)21-14(15(18)19)9-5-6-12(25-3)11(17)7-9/h5-8,14-15H,4H2,1-3H3,(H2,20,21,24). The van der Waals surface area contributed by atoms with Crippen molar-refractivity contribution in [3.63, 3.8) is 0 Å². The third kappa shape index (κ3) is 4.43. The highest BCUT2D eigenvalue weighted by Gasteiger charge is 2.26. The van der Waals surface area contributed by atoms with Crippen LogP contribution in [-0.4, -0.2) is 29.3 Å². The van der Waals surface area contributed by atoms with Gasteiger partial charge >= 0.3 is 6.03 Å². The van der Waals surface area contributed by atoms with Crippen molar-refractivity contribution in [3.05, 3.63) is 41.3 Å². The van der Waals surface area contributed by atoms with Gasteiger partial charge in [0, 0.05) is 13.1 Å². The van der Waals surface area contributed by atoms with Crippen LogP contribution in [0.4, 0.5) is 23.8 Å². The molecule has 0 fully saturated rings. The van der Waals surface area contributed by atoms with Gasteiger partial charge in [0.1, 0.15) is 11.9 Å². The number of alkyl halides is 2. The number of carbonyl (C=O) groups excluding carboxylic acids is 1. The lowest BCUT2D eigenvalue weighted by atomic mass is 10.1. The van der Waals surface area contributed by atoms with Gasteiger partial charge in [0.15, 0.2) is 11.6 Å². The molecule has 2 aromatic rings. The number of carbonyl (C=O) groups is 1. The van der Waals surface area contributed by atoms with Crippen LogP contribution in [0.1, 0.15) is 24.2 Å². The summed E-state index contributed by atoms with van der Waals surface area (Å²) in [6.07, 6.45) is -2.25. The van der Waals surface area contributed by atoms with Crippen LogP contribution < -0.4 is 15.4 Å². The molecule has 0 aliphatic carbocycles. The van der Waals surface area contributed by atoms with Crippen molar-refractivity contribution in [3.8, 4) is 5.75 Å². The van der Waals surface area contributed by atoms with Gasteiger partial charge in [-0.1, -0.05) is 13.0 Å². The number of aryl methyl sites for hydroxylation is 2. The zero-order chi connectivity index (χ0) is 18.6. The topological polar surface area (TPSA) is 68.2 Å². The van der Waals surface area contributed by atoms with E-state index in [2.05, 4.69) is 15.7 Å². The molecule has 25 heavy (non-hydrogen) atoms. The van der Waals surface area contributed by atoms with Crippen molar-refractivity contribution < 1.29 is 22.7 Å². The molecule has 1 aromatic heterocycles. The van der Waals surface area contributed by atoms with Crippen molar-refractivity contribution in [1.82, 2.24) is 15.1 Å². The predicted molar refractivity (Wildman–Crippen MR) is 86.4 cm³/mol. The fourth-order valence-corrected chi connectivity index (χ4v) is 2.28. The summed E-state index contributed by atoms with van der Waals surface area (Å²) in [6, 6.07) is 2.55. The molecule has 2 rings (SSSR count). The number of hydrogen-bond acceptors (Lipinski definition) is 3. The Hall–Kier alpha value is -2.71. The number of amides is 2. The van der Waals surface area contributed by atoms with Crippen molar-refractivity contribution >= 4 is 11.8 Å². The summed E-state index contributed by atoms with van der Waals surface area (Å²) in [4.78, 5) is 12.0. The average Bonchev–Trinajstić information content (AvgIpc) is 2.92.